The molecule has 0 unspecified atom stereocenters. The molecule has 78 valence electrons. The molecule has 0 spiro atoms. The van der Waals surface area contributed by atoms with Crippen LogP contribution in [0.15, 0.2) is 48.5 Å². The molecule has 2 aromatic rings. The van der Waals surface area contributed by atoms with Crippen molar-refractivity contribution in [2.75, 3.05) is 7.11 Å². The molecule has 2 heteroatoms. The fraction of sp³-hybridized carbons (Fsp3) is 0.0714. The Balaban J connectivity index is 2.46. The third-order valence-electron chi connectivity index (χ3n) is 2.39. The monoisotopic (exact) mass is 209 g/mol. The van der Waals surface area contributed by atoms with E-state index in [9.17, 15) is 0 Å². The first kappa shape index (κ1) is 10.3. The molecule has 0 aliphatic heterocycles. The van der Waals surface area contributed by atoms with E-state index in [1.807, 2.05) is 42.5 Å². The van der Waals surface area contributed by atoms with Crippen LogP contribution in [0.4, 0.5) is 0 Å². The van der Waals surface area contributed by atoms with Gasteiger partial charge in [0.1, 0.15) is 5.75 Å². The Hall–Kier alpha value is -2.27. The van der Waals surface area contributed by atoms with E-state index in [1.54, 1.807) is 13.2 Å². The lowest BCUT2D eigenvalue weighted by Crippen LogP contribution is -1.84. The SMILES string of the molecule is COc1cccc(-c2cccc(C#N)c2)c1. The van der Waals surface area contributed by atoms with E-state index >= 15 is 0 Å². The number of ether oxygens (including phenoxy) is 1. The Kier molecular flexibility index (Phi) is 2.88. The highest BCUT2D eigenvalue weighted by molar-refractivity contribution is 5.66. The lowest BCUT2D eigenvalue weighted by Gasteiger charge is -2.04. The van der Waals surface area contributed by atoms with Gasteiger partial charge in [0.25, 0.3) is 0 Å². The molecule has 2 rings (SSSR count). The molecule has 0 atom stereocenters. The van der Waals surface area contributed by atoms with Crippen LogP contribution in [0, 0.1) is 11.3 Å². The van der Waals surface area contributed by atoms with Crippen LogP contribution in [0.5, 0.6) is 5.75 Å². The molecule has 16 heavy (non-hydrogen) atoms. The van der Waals surface area contributed by atoms with Gasteiger partial charge in [-0.05, 0) is 35.4 Å². The molecule has 0 aliphatic carbocycles. The largest absolute Gasteiger partial charge is 0.497 e. The first-order chi connectivity index (χ1) is 7.83. The van der Waals surface area contributed by atoms with Crippen LogP contribution in [0.2, 0.25) is 0 Å². The minimum Gasteiger partial charge on any atom is -0.497 e. The third kappa shape index (κ3) is 2.04. The lowest BCUT2D eigenvalue weighted by atomic mass is 10.0. The summed E-state index contributed by atoms with van der Waals surface area (Å²) in [5, 5.41) is 8.84. The predicted molar refractivity (Wildman–Crippen MR) is 63.1 cm³/mol. The molecule has 0 saturated heterocycles. The minimum absolute atomic E-state index is 0.667. The molecular weight excluding hydrogens is 198 g/mol. The fourth-order valence-electron chi connectivity index (χ4n) is 1.57. The highest BCUT2D eigenvalue weighted by Gasteiger charge is 2.00. The van der Waals surface area contributed by atoms with Gasteiger partial charge in [0.15, 0.2) is 0 Å². The van der Waals surface area contributed by atoms with Crippen LogP contribution < -0.4 is 4.74 Å². The molecule has 0 fully saturated rings. The maximum atomic E-state index is 8.84. The van der Waals surface area contributed by atoms with Crippen molar-refractivity contribution in [2.24, 2.45) is 0 Å². The number of methoxy groups -OCH3 is 1. The van der Waals surface area contributed by atoms with E-state index in [4.69, 9.17) is 10.00 Å². The Morgan fingerprint density at radius 2 is 1.69 bits per heavy atom. The van der Waals surface area contributed by atoms with Gasteiger partial charge in [0.2, 0.25) is 0 Å². The Morgan fingerprint density at radius 1 is 1.00 bits per heavy atom. The summed E-state index contributed by atoms with van der Waals surface area (Å²) in [6.07, 6.45) is 0. The van der Waals surface area contributed by atoms with E-state index < -0.39 is 0 Å². The lowest BCUT2D eigenvalue weighted by molar-refractivity contribution is 0.415. The minimum atomic E-state index is 0.667. The van der Waals surface area contributed by atoms with Crippen LogP contribution in [-0.4, -0.2) is 7.11 Å². The van der Waals surface area contributed by atoms with Gasteiger partial charge in [-0.2, -0.15) is 5.26 Å². The van der Waals surface area contributed by atoms with E-state index in [0.717, 1.165) is 16.9 Å². The summed E-state index contributed by atoms with van der Waals surface area (Å²) in [6, 6.07) is 17.5. The van der Waals surface area contributed by atoms with Crippen LogP contribution in [-0.2, 0) is 0 Å². The standard InChI is InChI=1S/C14H11NO/c1-16-14-7-3-6-13(9-14)12-5-2-4-11(8-12)10-15/h2-9H,1H3. The molecule has 0 aromatic heterocycles. The second-order valence-electron chi connectivity index (χ2n) is 3.42. The Morgan fingerprint density at radius 3 is 2.38 bits per heavy atom. The second kappa shape index (κ2) is 4.50. The summed E-state index contributed by atoms with van der Waals surface area (Å²) >= 11 is 0. The predicted octanol–water partition coefficient (Wildman–Crippen LogP) is 3.23. The number of hydrogen-bond acceptors (Lipinski definition) is 2. The van der Waals surface area contributed by atoms with E-state index in [0.29, 0.717) is 5.56 Å². The topological polar surface area (TPSA) is 33.0 Å². The number of nitriles is 1. The molecule has 0 aliphatic rings. The molecule has 0 amide bonds. The second-order valence-corrected chi connectivity index (χ2v) is 3.42. The van der Waals surface area contributed by atoms with Crippen LogP contribution >= 0.6 is 0 Å². The fourth-order valence-corrected chi connectivity index (χ4v) is 1.57. The first-order valence-electron chi connectivity index (χ1n) is 4.98. The summed E-state index contributed by atoms with van der Waals surface area (Å²) in [6.45, 7) is 0. The van der Waals surface area contributed by atoms with Crippen molar-refractivity contribution in [3.63, 3.8) is 0 Å². The highest BCUT2D eigenvalue weighted by atomic mass is 16.5. The summed E-state index contributed by atoms with van der Waals surface area (Å²) in [5.74, 6) is 0.819. The van der Waals surface area contributed by atoms with Crippen LogP contribution in [0.1, 0.15) is 5.56 Å². The van der Waals surface area contributed by atoms with Gasteiger partial charge in [0, 0.05) is 0 Å². The molecule has 0 saturated carbocycles. The Bertz CT molecular complexity index is 540. The average molecular weight is 209 g/mol. The van der Waals surface area contributed by atoms with Crippen molar-refractivity contribution >= 4 is 0 Å². The highest BCUT2D eigenvalue weighted by Crippen LogP contribution is 2.24. The summed E-state index contributed by atoms with van der Waals surface area (Å²) < 4.78 is 5.17. The normalized spacial score (nSPS) is 9.50. The molecule has 0 radical (unpaired) electrons. The number of hydrogen-bond donors (Lipinski definition) is 0. The van der Waals surface area contributed by atoms with Gasteiger partial charge in [-0.3, -0.25) is 0 Å². The van der Waals surface area contributed by atoms with Crippen molar-refractivity contribution in [3.8, 4) is 22.9 Å². The van der Waals surface area contributed by atoms with E-state index in [1.165, 1.54) is 0 Å². The van der Waals surface area contributed by atoms with Crippen LogP contribution in [0.3, 0.4) is 0 Å². The molecule has 0 bridgehead atoms. The molecule has 0 heterocycles. The van der Waals surface area contributed by atoms with Crippen molar-refractivity contribution in [3.05, 3.63) is 54.1 Å². The van der Waals surface area contributed by atoms with E-state index in [2.05, 4.69) is 6.07 Å². The first-order valence-corrected chi connectivity index (χ1v) is 4.98. The van der Waals surface area contributed by atoms with Gasteiger partial charge < -0.3 is 4.74 Å². The van der Waals surface area contributed by atoms with Crippen molar-refractivity contribution < 1.29 is 4.74 Å². The molecule has 2 nitrogen and oxygen atoms in total. The zero-order valence-corrected chi connectivity index (χ0v) is 8.97. The maximum absolute atomic E-state index is 8.84. The van der Waals surface area contributed by atoms with Gasteiger partial charge >= 0.3 is 0 Å². The van der Waals surface area contributed by atoms with E-state index in [-0.39, 0.29) is 0 Å². The summed E-state index contributed by atoms with van der Waals surface area (Å²) in [4.78, 5) is 0. The molecular formula is C14H11NO. The van der Waals surface area contributed by atoms with Crippen molar-refractivity contribution in [1.82, 2.24) is 0 Å². The zero-order valence-electron chi connectivity index (χ0n) is 8.97. The molecule has 2 aromatic carbocycles. The van der Waals surface area contributed by atoms with Gasteiger partial charge in [-0.25, -0.2) is 0 Å². The van der Waals surface area contributed by atoms with Gasteiger partial charge in [-0.1, -0.05) is 24.3 Å². The van der Waals surface area contributed by atoms with Gasteiger partial charge in [-0.15, -0.1) is 0 Å². The number of rotatable bonds is 2. The quantitative estimate of drug-likeness (QED) is 0.760. The zero-order chi connectivity index (χ0) is 11.4. The van der Waals surface area contributed by atoms with Crippen molar-refractivity contribution in [2.45, 2.75) is 0 Å². The third-order valence-corrected chi connectivity index (χ3v) is 2.39. The maximum Gasteiger partial charge on any atom is 0.119 e. The summed E-state index contributed by atoms with van der Waals surface area (Å²) in [7, 11) is 1.64. The van der Waals surface area contributed by atoms with Gasteiger partial charge in [0.05, 0.1) is 18.7 Å². The number of nitrogens with zero attached hydrogens (tertiary/aromatic N) is 1. The van der Waals surface area contributed by atoms with Crippen molar-refractivity contribution in [1.29, 1.82) is 5.26 Å². The molecule has 0 N–H and O–H groups in total. The average Bonchev–Trinajstić information content (AvgIpc) is 2.39. The smallest absolute Gasteiger partial charge is 0.119 e. The summed E-state index contributed by atoms with van der Waals surface area (Å²) in [5.41, 5.74) is 2.75. The Labute approximate surface area is 94.7 Å². The number of benzene rings is 2. The van der Waals surface area contributed by atoms with Crippen LogP contribution in [0.25, 0.3) is 11.1 Å².